The predicted octanol–water partition coefficient (Wildman–Crippen LogP) is 4.66. The maximum absolute atomic E-state index is 13.0. The number of fused-ring (bicyclic) bond motifs is 1. The molecule has 5 nitrogen and oxygen atoms in total. The van der Waals surface area contributed by atoms with Crippen molar-refractivity contribution in [3.8, 4) is 0 Å². The Morgan fingerprint density at radius 2 is 1.93 bits per heavy atom. The van der Waals surface area contributed by atoms with Gasteiger partial charge in [0.05, 0.1) is 16.5 Å². The number of carbonyl (C=O) groups excluding carboxylic acids is 1. The lowest BCUT2D eigenvalue weighted by Gasteiger charge is -2.13. The Bertz CT molecular complexity index is 1200. The van der Waals surface area contributed by atoms with Gasteiger partial charge in [0.2, 0.25) is 0 Å². The Labute approximate surface area is 162 Å². The van der Waals surface area contributed by atoms with Crippen molar-refractivity contribution >= 4 is 34.7 Å². The fourth-order valence-electron chi connectivity index (χ4n) is 2.89. The van der Waals surface area contributed by atoms with Gasteiger partial charge in [-0.3, -0.25) is 14.2 Å². The summed E-state index contributed by atoms with van der Waals surface area (Å²) in [4.78, 5) is 27.8. The highest BCUT2D eigenvalue weighted by Crippen LogP contribution is 2.33. The summed E-state index contributed by atoms with van der Waals surface area (Å²) in [5.74, 6) is -0.599. The van der Waals surface area contributed by atoms with Gasteiger partial charge in [0.25, 0.3) is 11.5 Å². The van der Waals surface area contributed by atoms with E-state index < -0.39 is 17.6 Å². The quantitative estimate of drug-likeness (QED) is 0.621. The number of alkyl halides is 3. The Morgan fingerprint density at radius 1 is 1.21 bits per heavy atom. The van der Waals surface area contributed by atoms with Crippen LogP contribution in [0.15, 0.2) is 41.2 Å². The van der Waals surface area contributed by atoms with Crippen LogP contribution in [0.3, 0.4) is 0 Å². The highest BCUT2D eigenvalue weighted by atomic mass is 32.1. The predicted molar refractivity (Wildman–Crippen MR) is 103 cm³/mol. The number of carbonyl (C=O) groups is 1. The molecule has 0 saturated heterocycles. The zero-order valence-corrected chi connectivity index (χ0v) is 15.8. The summed E-state index contributed by atoms with van der Waals surface area (Å²) in [6.45, 7) is 3.54. The molecule has 0 fully saturated rings. The van der Waals surface area contributed by atoms with E-state index in [4.69, 9.17) is 12.2 Å². The number of anilines is 1. The minimum absolute atomic E-state index is 0.0253. The number of halogens is 3. The molecule has 3 aromatic rings. The molecule has 3 rings (SSSR count). The molecular weight excluding hydrogens is 391 g/mol. The normalized spacial score (nSPS) is 11.6. The van der Waals surface area contributed by atoms with Crippen molar-refractivity contribution in [1.82, 2.24) is 9.55 Å². The number of rotatable bonds is 3. The van der Waals surface area contributed by atoms with Gasteiger partial charge in [-0.15, -0.1) is 0 Å². The summed E-state index contributed by atoms with van der Waals surface area (Å²) in [6, 6.07) is 7.96. The van der Waals surface area contributed by atoms with Crippen LogP contribution in [0.2, 0.25) is 0 Å². The number of hydrogen-bond donors (Lipinski definition) is 2. The first-order valence-corrected chi connectivity index (χ1v) is 8.78. The average Bonchev–Trinajstić information content (AvgIpc) is 2.62. The van der Waals surface area contributed by atoms with Crippen LogP contribution in [0.1, 0.15) is 28.4 Å². The number of benzene rings is 2. The van der Waals surface area contributed by atoms with E-state index in [-0.39, 0.29) is 27.1 Å². The first kappa shape index (κ1) is 19.8. The lowest BCUT2D eigenvalue weighted by atomic mass is 10.1. The lowest BCUT2D eigenvalue weighted by Crippen LogP contribution is -2.21. The number of nitrogens with zero attached hydrogens (tertiary/aromatic N) is 1. The number of amides is 1. The van der Waals surface area contributed by atoms with Gasteiger partial charge in [0.1, 0.15) is 0 Å². The molecule has 0 bridgehead atoms. The van der Waals surface area contributed by atoms with Crippen LogP contribution in [-0.4, -0.2) is 15.5 Å². The third kappa shape index (κ3) is 3.70. The number of aromatic amines is 1. The molecule has 2 N–H and O–H groups in total. The van der Waals surface area contributed by atoms with Crippen LogP contribution in [0.25, 0.3) is 10.9 Å². The minimum atomic E-state index is -4.51. The largest absolute Gasteiger partial charge is 0.416 e. The van der Waals surface area contributed by atoms with Crippen LogP contribution in [0.4, 0.5) is 18.9 Å². The van der Waals surface area contributed by atoms with Crippen molar-refractivity contribution in [3.05, 3.63) is 68.2 Å². The fraction of sp³-hybridized carbons (Fsp3) is 0.211. The smallest absolute Gasteiger partial charge is 0.332 e. The van der Waals surface area contributed by atoms with E-state index in [9.17, 15) is 22.8 Å². The van der Waals surface area contributed by atoms with E-state index in [1.165, 1.54) is 41.8 Å². The lowest BCUT2D eigenvalue weighted by molar-refractivity contribution is -0.138. The van der Waals surface area contributed by atoms with Crippen molar-refractivity contribution in [3.63, 3.8) is 0 Å². The van der Waals surface area contributed by atoms with Gasteiger partial charge in [-0.25, -0.2) is 0 Å². The highest BCUT2D eigenvalue weighted by molar-refractivity contribution is 7.71. The van der Waals surface area contributed by atoms with Crippen molar-refractivity contribution in [2.75, 3.05) is 5.32 Å². The molecule has 0 spiro atoms. The molecule has 9 heteroatoms. The third-order valence-corrected chi connectivity index (χ3v) is 4.68. The number of aryl methyl sites for hydroxylation is 1. The van der Waals surface area contributed by atoms with E-state index >= 15 is 0 Å². The molecule has 146 valence electrons. The van der Waals surface area contributed by atoms with Crippen molar-refractivity contribution in [2.24, 2.45) is 0 Å². The number of aromatic nitrogens is 2. The van der Waals surface area contributed by atoms with Gasteiger partial charge in [-0.05, 0) is 62.0 Å². The molecule has 0 atom stereocenters. The number of hydrogen-bond acceptors (Lipinski definition) is 3. The molecule has 0 unspecified atom stereocenters. The molecule has 0 aliphatic heterocycles. The van der Waals surface area contributed by atoms with Gasteiger partial charge in [0.15, 0.2) is 4.77 Å². The maximum atomic E-state index is 13.0. The molecule has 0 saturated carbocycles. The molecule has 0 aliphatic rings. The average molecular weight is 407 g/mol. The van der Waals surface area contributed by atoms with Crippen LogP contribution < -0.4 is 10.9 Å². The van der Waals surface area contributed by atoms with Crippen LogP contribution >= 0.6 is 12.2 Å². The van der Waals surface area contributed by atoms with Crippen LogP contribution in [0, 0.1) is 11.7 Å². The highest BCUT2D eigenvalue weighted by Gasteiger charge is 2.32. The second-order valence-corrected chi connectivity index (χ2v) is 6.61. The Morgan fingerprint density at radius 3 is 2.57 bits per heavy atom. The second-order valence-electron chi connectivity index (χ2n) is 6.22. The van der Waals surface area contributed by atoms with Gasteiger partial charge in [-0.1, -0.05) is 6.07 Å². The molecule has 0 aliphatic carbocycles. The van der Waals surface area contributed by atoms with Gasteiger partial charge >= 0.3 is 6.18 Å². The molecule has 2 aromatic carbocycles. The van der Waals surface area contributed by atoms with Gasteiger partial charge < -0.3 is 10.3 Å². The summed E-state index contributed by atoms with van der Waals surface area (Å²) < 4.78 is 40.7. The first-order chi connectivity index (χ1) is 13.1. The monoisotopic (exact) mass is 407 g/mol. The molecule has 1 heterocycles. The zero-order valence-electron chi connectivity index (χ0n) is 15.0. The SMILES string of the molecule is CCn1c(=S)[nH]c2cc(C(=O)Nc3ccc(C)c(C(F)(F)F)c3)ccc2c1=O. The molecule has 1 amide bonds. The van der Waals surface area contributed by atoms with Gasteiger partial charge in [0, 0.05) is 17.8 Å². The van der Waals surface area contributed by atoms with E-state index in [1.54, 1.807) is 6.92 Å². The second kappa shape index (κ2) is 7.23. The van der Waals surface area contributed by atoms with Gasteiger partial charge in [-0.2, -0.15) is 13.2 Å². The van der Waals surface area contributed by atoms with E-state index in [0.717, 1.165) is 6.07 Å². The standard InChI is InChI=1S/C19H16F3N3O2S/c1-3-25-17(27)13-7-5-11(8-15(13)24-18(25)28)16(26)23-12-6-4-10(2)14(9-12)19(20,21)22/h4-9H,3H2,1-2H3,(H,23,26)(H,24,28). The van der Waals surface area contributed by atoms with Crippen LogP contribution in [0.5, 0.6) is 0 Å². The van der Waals surface area contributed by atoms with E-state index in [2.05, 4.69) is 10.3 Å². The van der Waals surface area contributed by atoms with Crippen molar-refractivity contribution < 1.29 is 18.0 Å². The number of nitrogens with one attached hydrogen (secondary N) is 2. The van der Waals surface area contributed by atoms with E-state index in [0.29, 0.717) is 17.4 Å². The summed E-state index contributed by atoms with van der Waals surface area (Å²) >= 11 is 5.14. The number of H-pyrrole nitrogens is 1. The summed E-state index contributed by atoms with van der Waals surface area (Å²) in [5, 5.41) is 2.81. The zero-order chi connectivity index (χ0) is 20.6. The van der Waals surface area contributed by atoms with E-state index in [1.807, 2.05) is 0 Å². The van der Waals surface area contributed by atoms with Crippen molar-refractivity contribution in [1.29, 1.82) is 0 Å². The Balaban J connectivity index is 1.97. The van der Waals surface area contributed by atoms with Crippen molar-refractivity contribution in [2.45, 2.75) is 26.6 Å². The topological polar surface area (TPSA) is 66.9 Å². The Kier molecular flexibility index (Phi) is 5.12. The molecule has 28 heavy (non-hydrogen) atoms. The van der Waals surface area contributed by atoms with Crippen LogP contribution in [-0.2, 0) is 12.7 Å². The first-order valence-electron chi connectivity index (χ1n) is 8.38. The molecular formula is C19H16F3N3O2S. The third-order valence-electron chi connectivity index (χ3n) is 4.36. The Hall–Kier alpha value is -2.94. The fourth-order valence-corrected chi connectivity index (χ4v) is 3.21. The molecule has 0 radical (unpaired) electrons. The summed E-state index contributed by atoms with van der Waals surface area (Å²) in [7, 11) is 0. The maximum Gasteiger partial charge on any atom is 0.416 e. The summed E-state index contributed by atoms with van der Waals surface area (Å²) in [5.41, 5.74) is -0.434. The minimum Gasteiger partial charge on any atom is -0.332 e. The molecule has 1 aromatic heterocycles. The summed E-state index contributed by atoms with van der Waals surface area (Å²) in [6.07, 6.45) is -4.51.